The van der Waals surface area contributed by atoms with Gasteiger partial charge in [-0.3, -0.25) is 19.7 Å². The highest BCUT2D eigenvalue weighted by Gasteiger charge is 2.28. The number of rotatable bonds is 6. The fourth-order valence-corrected chi connectivity index (χ4v) is 1.89. The van der Waals surface area contributed by atoms with E-state index in [2.05, 4.69) is 5.32 Å². The number of nitrogens with one attached hydrogen (secondary N) is 1. The second-order valence-corrected chi connectivity index (χ2v) is 5.05. The van der Waals surface area contributed by atoms with E-state index in [1.807, 2.05) is 0 Å². The lowest BCUT2D eigenvalue weighted by molar-refractivity contribution is -0.385. The number of nitrogens with zero attached hydrogens (tertiary/aromatic N) is 1. The van der Waals surface area contributed by atoms with Crippen LogP contribution >= 0.6 is 11.6 Å². The van der Waals surface area contributed by atoms with Crippen molar-refractivity contribution >= 4 is 29.2 Å². The van der Waals surface area contributed by atoms with E-state index in [0.717, 1.165) is 6.07 Å². The maximum Gasteiger partial charge on any atom is 0.306 e. The minimum absolute atomic E-state index is 0.112. The van der Waals surface area contributed by atoms with Crippen LogP contribution in [-0.4, -0.2) is 39.2 Å². The summed E-state index contributed by atoms with van der Waals surface area (Å²) in [4.78, 5) is 32.6. The molecule has 21 heavy (non-hydrogen) atoms. The van der Waals surface area contributed by atoms with Gasteiger partial charge >= 0.3 is 5.97 Å². The highest BCUT2D eigenvalue weighted by molar-refractivity contribution is 6.34. The molecule has 0 aromatic heterocycles. The highest BCUT2D eigenvalue weighted by atomic mass is 35.5. The summed E-state index contributed by atoms with van der Waals surface area (Å²) < 4.78 is 0. The summed E-state index contributed by atoms with van der Waals surface area (Å²) in [6.45, 7) is 0.836. The number of carbonyl (C=O) groups excluding carboxylic acids is 1. The van der Waals surface area contributed by atoms with Crippen molar-refractivity contribution in [3.63, 3.8) is 0 Å². The van der Waals surface area contributed by atoms with Gasteiger partial charge in [-0.2, -0.15) is 0 Å². The zero-order chi connectivity index (χ0) is 16.2. The first-order chi connectivity index (χ1) is 9.64. The Morgan fingerprint density at radius 1 is 1.48 bits per heavy atom. The van der Waals surface area contributed by atoms with E-state index in [9.17, 15) is 24.8 Å². The van der Waals surface area contributed by atoms with Crippen molar-refractivity contribution in [2.24, 2.45) is 0 Å². The lowest BCUT2D eigenvalue weighted by Crippen LogP contribution is -2.42. The minimum Gasteiger partial charge on any atom is -0.481 e. The summed E-state index contributed by atoms with van der Waals surface area (Å²) in [5.41, 5.74) is -2.49. The molecule has 0 bridgehead atoms. The summed E-state index contributed by atoms with van der Waals surface area (Å²) in [6.07, 6.45) is -0.585. The fourth-order valence-electron chi connectivity index (χ4n) is 1.64. The van der Waals surface area contributed by atoms with E-state index in [-0.39, 0.29) is 17.1 Å². The number of carbonyl (C=O) groups is 2. The molecule has 1 amide bonds. The number of carboxylic acid groups (broad SMARTS) is 1. The minimum atomic E-state index is -1.68. The van der Waals surface area contributed by atoms with Crippen LogP contribution in [-0.2, 0) is 4.79 Å². The number of hydrogen-bond acceptors (Lipinski definition) is 5. The third-order valence-electron chi connectivity index (χ3n) is 2.58. The molecule has 3 N–H and O–H groups in total. The second-order valence-electron chi connectivity index (χ2n) is 4.64. The van der Waals surface area contributed by atoms with E-state index in [4.69, 9.17) is 16.7 Å². The van der Waals surface area contributed by atoms with Crippen molar-refractivity contribution in [2.45, 2.75) is 18.9 Å². The van der Waals surface area contributed by atoms with Crippen molar-refractivity contribution in [3.8, 4) is 0 Å². The molecule has 0 fully saturated rings. The molecule has 1 atom stereocenters. The lowest BCUT2D eigenvalue weighted by Gasteiger charge is -2.21. The number of halogens is 1. The summed E-state index contributed by atoms with van der Waals surface area (Å²) >= 11 is 5.78. The Morgan fingerprint density at radius 2 is 2.10 bits per heavy atom. The van der Waals surface area contributed by atoms with Gasteiger partial charge < -0.3 is 15.5 Å². The zero-order valence-electron chi connectivity index (χ0n) is 11.0. The monoisotopic (exact) mass is 316 g/mol. The molecular formula is C12H13ClN2O6. The Labute approximate surface area is 124 Å². The number of nitro groups is 1. The van der Waals surface area contributed by atoms with Gasteiger partial charge in [0.05, 0.1) is 22.0 Å². The molecular weight excluding hydrogens is 304 g/mol. The molecule has 0 radical (unpaired) electrons. The van der Waals surface area contributed by atoms with Gasteiger partial charge in [0.2, 0.25) is 0 Å². The van der Waals surface area contributed by atoms with Crippen molar-refractivity contribution in [2.75, 3.05) is 6.54 Å². The van der Waals surface area contributed by atoms with Crippen LogP contribution in [0.3, 0.4) is 0 Å². The second kappa shape index (κ2) is 6.51. The summed E-state index contributed by atoms with van der Waals surface area (Å²) in [5, 5.41) is 31.4. The number of aliphatic carboxylic acids is 1. The molecule has 1 unspecified atom stereocenters. The third-order valence-corrected chi connectivity index (χ3v) is 2.89. The van der Waals surface area contributed by atoms with Gasteiger partial charge in [-0.15, -0.1) is 0 Å². The van der Waals surface area contributed by atoms with Gasteiger partial charge in [-0.25, -0.2) is 0 Å². The topological polar surface area (TPSA) is 130 Å². The van der Waals surface area contributed by atoms with Crippen molar-refractivity contribution in [3.05, 3.63) is 38.9 Å². The number of aliphatic hydroxyl groups is 1. The quantitative estimate of drug-likeness (QED) is 0.534. The largest absolute Gasteiger partial charge is 0.481 e. The Balaban J connectivity index is 2.91. The average Bonchev–Trinajstić information content (AvgIpc) is 2.34. The van der Waals surface area contributed by atoms with E-state index in [1.165, 1.54) is 19.1 Å². The summed E-state index contributed by atoms with van der Waals surface area (Å²) in [7, 11) is 0. The molecule has 114 valence electrons. The summed E-state index contributed by atoms with van der Waals surface area (Å²) in [6, 6.07) is 3.77. The molecule has 0 aliphatic rings. The molecule has 1 rings (SSSR count). The molecule has 9 heteroatoms. The number of hydrogen-bond donors (Lipinski definition) is 3. The average molecular weight is 317 g/mol. The normalized spacial score (nSPS) is 13.3. The maximum absolute atomic E-state index is 12.0. The smallest absolute Gasteiger partial charge is 0.306 e. The van der Waals surface area contributed by atoms with E-state index in [1.54, 1.807) is 0 Å². The Hall–Kier alpha value is -2.19. The van der Waals surface area contributed by atoms with E-state index in [0.29, 0.717) is 0 Å². The van der Waals surface area contributed by atoms with Crippen LogP contribution in [0.5, 0.6) is 0 Å². The molecule has 0 saturated heterocycles. The third kappa shape index (κ3) is 4.69. The van der Waals surface area contributed by atoms with Gasteiger partial charge in [0.1, 0.15) is 5.56 Å². The molecule has 1 aromatic carbocycles. The van der Waals surface area contributed by atoms with Gasteiger partial charge in [-0.05, 0) is 13.0 Å². The predicted octanol–water partition coefficient (Wildman–Crippen LogP) is 1.20. The molecule has 0 aliphatic carbocycles. The number of carboxylic acids is 1. The Morgan fingerprint density at radius 3 is 2.62 bits per heavy atom. The first kappa shape index (κ1) is 16.9. The van der Waals surface area contributed by atoms with Gasteiger partial charge in [0, 0.05) is 12.6 Å². The number of benzene rings is 1. The summed E-state index contributed by atoms with van der Waals surface area (Å²) in [5.74, 6) is -2.10. The first-order valence-electron chi connectivity index (χ1n) is 5.79. The van der Waals surface area contributed by atoms with Crippen LogP contribution in [0, 0.1) is 10.1 Å². The van der Waals surface area contributed by atoms with Gasteiger partial charge in [-0.1, -0.05) is 17.7 Å². The zero-order valence-corrected chi connectivity index (χ0v) is 11.8. The molecule has 0 heterocycles. The van der Waals surface area contributed by atoms with Crippen molar-refractivity contribution in [1.29, 1.82) is 0 Å². The van der Waals surface area contributed by atoms with Crippen molar-refractivity contribution < 1.29 is 24.7 Å². The SMILES string of the molecule is CC(O)(CNC(=O)c1c(Cl)cccc1[N+](=O)[O-])CC(=O)O. The van der Waals surface area contributed by atoms with E-state index < -0.39 is 34.5 Å². The number of amides is 1. The molecule has 0 spiro atoms. The molecule has 1 aromatic rings. The first-order valence-corrected chi connectivity index (χ1v) is 6.17. The maximum atomic E-state index is 12.0. The predicted molar refractivity (Wildman–Crippen MR) is 73.3 cm³/mol. The van der Waals surface area contributed by atoms with Crippen LogP contribution in [0.25, 0.3) is 0 Å². The van der Waals surface area contributed by atoms with Gasteiger partial charge in [0.25, 0.3) is 11.6 Å². The molecule has 0 aliphatic heterocycles. The van der Waals surface area contributed by atoms with Crippen LogP contribution in [0.2, 0.25) is 5.02 Å². The fraction of sp³-hybridized carbons (Fsp3) is 0.333. The molecule has 8 nitrogen and oxygen atoms in total. The van der Waals surface area contributed by atoms with Crippen LogP contribution < -0.4 is 5.32 Å². The van der Waals surface area contributed by atoms with Crippen LogP contribution in [0.1, 0.15) is 23.7 Å². The van der Waals surface area contributed by atoms with E-state index >= 15 is 0 Å². The standard InChI is InChI=1S/C12H13ClN2O6/c1-12(19,5-9(16)17)6-14-11(18)10-7(13)3-2-4-8(10)15(20)21/h2-4,19H,5-6H2,1H3,(H,14,18)(H,16,17). The van der Waals surface area contributed by atoms with Crippen LogP contribution in [0.4, 0.5) is 5.69 Å². The van der Waals surface area contributed by atoms with Crippen LogP contribution in [0.15, 0.2) is 18.2 Å². The number of nitro benzene ring substituents is 1. The molecule has 0 saturated carbocycles. The van der Waals surface area contributed by atoms with Gasteiger partial charge in [0.15, 0.2) is 0 Å². The Kier molecular flexibility index (Phi) is 5.23. The Bertz CT molecular complexity index is 587. The van der Waals surface area contributed by atoms with Crippen molar-refractivity contribution in [1.82, 2.24) is 5.32 Å². The lowest BCUT2D eigenvalue weighted by atomic mass is 10.0. The highest BCUT2D eigenvalue weighted by Crippen LogP contribution is 2.26.